The van der Waals surface area contributed by atoms with Gasteiger partial charge in [0.1, 0.15) is 0 Å². The van der Waals surface area contributed by atoms with E-state index in [1.165, 1.54) is 12.8 Å². The van der Waals surface area contributed by atoms with E-state index in [4.69, 9.17) is 0 Å². The van der Waals surface area contributed by atoms with E-state index >= 15 is 0 Å². The lowest BCUT2D eigenvalue weighted by molar-refractivity contribution is -0.130. The Morgan fingerprint density at radius 3 is 2.47 bits per heavy atom. The van der Waals surface area contributed by atoms with Crippen LogP contribution in [-0.4, -0.2) is 47.0 Å². The van der Waals surface area contributed by atoms with E-state index in [1.54, 1.807) is 0 Å². The summed E-state index contributed by atoms with van der Waals surface area (Å²) in [6, 6.07) is 0.628. The van der Waals surface area contributed by atoms with E-state index in [0.717, 1.165) is 13.1 Å². The Bertz CT molecular complexity index is 233. The Balaban J connectivity index is 1.77. The van der Waals surface area contributed by atoms with Gasteiger partial charge in [0.15, 0.2) is 0 Å². The minimum absolute atomic E-state index is 0.279. The monoisotopic (exact) mass is 228 g/mol. The van der Waals surface area contributed by atoms with Gasteiger partial charge in [-0.25, -0.2) is 0 Å². The van der Waals surface area contributed by atoms with Crippen molar-refractivity contribution in [1.29, 1.82) is 0 Å². The van der Waals surface area contributed by atoms with Crippen molar-refractivity contribution in [2.75, 3.05) is 19.6 Å². The summed E-state index contributed by atoms with van der Waals surface area (Å²) >= 11 is 1.98. The van der Waals surface area contributed by atoms with E-state index in [2.05, 4.69) is 19.2 Å². The van der Waals surface area contributed by atoms with Gasteiger partial charge >= 0.3 is 0 Å². The largest absolute Gasteiger partial charge is 0.339 e. The highest BCUT2D eigenvalue weighted by Gasteiger charge is 2.27. The van der Waals surface area contributed by atoms with Crippen LogP contribution < -0.4 is 5.32 Å². The summed E-state index contributed by atoms with van der Waals surface area (Å²) in [6.07, 6.45) is 2.49. The molecule has 2 aliphatic rings. The van der Waals surface area contributed by atoms with Crippen LogP contribution in [0.25, 0.3) is 0 Å². The molecule has 2 unspecified atom stereocenters. The van der Waals surface area contributed by atoms with Crippen molar-refractivity contribution in [3.8, 4) is 0 Å². The van der Waals surface area contributed by atoms with Crippen LogP contribution in [0.5, 0.6) is 0 Å². The highest BCUT2D eigenvalue weighted by Crippen LogP contribution is 2.24. The third-order valence-electron chi connectivity index (χ3n) is 2.89. The predicted molar refractivity (Wildman–Crippen MR) is 64.1 cm³/mol. The topological polar surface area (TPSA) is 32.3 Å². The number of amides is 1. The molecule has 0 aromatic heterocycles. The minimum Gasteiger partial charge on any atom is -0.339 e. The van der Waals surface area contributed by atoms with E-state index < -0.39 is 0 Å². The summed E-state index contributed by atoms with van der Waals surface area (Å²) < 4.78 is 0. The lowest BCUT2D eigenvalue weighted by Gasteiger charge is -2.34. The van der Waals surface area contributed by atoms with Gasteiger partial charge in [0, 0.05) is 29.6 Å². The van der Waals surface area contributed by atoms with Crippen LogP contribution in [0.4, 0.5) is 0 Å². The molecule has 2 fully saturated rings. The van der Waals surface area contributed by atoms with Crippen molar-refractivity contribution < 1.29 is 4.79 Å². The fourth-order valence-electron chi connectivity index (χ4n) is 2.01. The van der Waals surface area contributed by atoms with Crippen molar-refractivity contribution in [3.05, 3.63) is 0 Å². The van der Waals surface area contributed by atoms with Crippen molar-refractivity contribution in [2.24, 2.45) is 0 Å². The molecule has 86 valence electrons. The van der Waals surface area contributed by atoms with Crippen LogP contribution >= 0.6 is 11.8 Å². The van der Waals surface area contributed by atoms with Crippen molar-refractivity contribution in [3.63, 3.8) is 0 Å². The molecule has 1 heterocycles. The standard InChI is InChI=1S/C11H20N2OS/c1-8-6-13(7-9(2)15-8)11(14)5-12-10-3-4-10/h8-10,12H,3-7H2,1-2H3. The van der Waals surface area contributed by atoms with Crippen LogP contribution in [0.3, 0.4) is 0 Å². The number of carbonyl (C=O) groups excluding carboxylic acids is 1. The van der Waals surface area contributed by atoms with Crippen LogP contribution in [0, 0.1) is 0 Å². The zero-order chi connectivity index (χ0) is 10.8. The average molecular weight is 228 g/mol. The number of hydrogen-bond donors (Lipinski definition) is 1. The predicted octanol–water partition coefficient (Wildman–Crippen LogP) is 1.09. The molecule has 0 aromatic carbocycles. The van der Waals surface area contributed by atoms with Gasteiger partial charge in [-0.2, -0.15) is 11.8 Å². The third kappa shape index (κ3) is 3.38. The Labute approximate surface area is 96.0 Å². The number of nitrogens with one attached hydrogen (secondary N) is 1. The van der Waals surface area contributed by atoms with E-state index in [9.17, 15) is 4.79 Å². The highest BCUT2D eigenvalue weighted by atomic mass is 32.2. The van der Waals surface area contributed by atoms with Gasteiger partial charge in [-0.05, 0) is 12.8 Å². The number of carbonyl (C=O) groups is 1. The van der Waals surface area contributed by atoms with E-state index in [0.29, 0.717) is 23.1 Å². The quantitative estimate of drug-likeness (QED) is 0.785. The first-order chi connectivity index (χ1) is 7.15. The fourth-order valence-corrected chi connectivity index (χ4v) is 3.34. The molecule has 0 spiro atoms. The highest BCUT2D eigenvalue weighted by molar-refractivity contribution is 8.00. The summed E-state index contributed by atoms with van der Waals surface area (Å²) in [4.78, 5) is 13.9. The van der Waals surface area contributed by atoms with E-state index in [1.807, 2.05) is 16.7 Å². The van der Waals surface area contributed by atoms with Crippen molar-refractivity contribution in [2.45, 2.75) is 43.2 Å². The molecule has 1 saturated carbocycles. The normalized spacial score (nSPS) is 31.7. The summed E-state index contributed by atoms with van der Waals surface area (Å²) in [6.45, 7) is 6.78. The molecule has 1 saturated heterocycles. The van der Waals surface area contributed by atoms with Gasteiger partial charge < -0.3 is 10.2 Å². The molecule has 4 heteroatoms. The van der Waals surface area contributed by atoms with Gasteiger partial charge in [-0.15, -0.1) is 0 Å². The Hall–Kier alpha value is -0.220. The summed E-state index contributed by atoms with van der Waals surface area (Å²) in [5.74, 6) is 0.279. The number of rotatable bonds is 3. The molecular formula is C11H20N2OS. The van der Waals surface area contributed by atoms with Gasteiger partial charge in [-0.1, -0.05) is 13.8 Å². The second-order valence-corrected chi connectivity index (χ2v) is 6.59. The Kier molecular flexibility index (Phi) is 3.57. The Morgan fingerprint density at radius 2 is 1.93 bits per heavy atom. The van der Waals surface area contributed by atoms with Crippen molar-refractivity contribution in [1.82, 2.24) is 10.2 Å². The first kappa shape index (κ1) is 11.3. The second kappa shape index (κ2) is 4.74. The maximum atomic E-state index is 11.9. The second-order valence-electron chi connectivity index (χ2n) is 4.71. The zero-order valence-corrected chi connectivity index (χ0v) is 10.3. The lowest BCUT2D eigenvalue weighted by Crippen LogP contribution is -2.47. The van der Waals surface area contributed by atoms with Crippen LogP contribution in [-0.2, 0) is 4.79 Å². The molecule has 1 aliphatic carbocycles. The van der Waals surface area contributed by atoms with Crippen LogP contribution in [0.2, 0.25) is 0 Å². The van der Waals surface area contributed by atoms with Gasteiger partial charge in [-0.3, -0.25) is 4.79 Å². The average Bonchev–Trinajstić information content (AvgIpc) is 2.96. The third-order valence-corrected chi connectivity index (χ3v) is 4.12. The molecule has 0 radical (unpaired) electrons. The summed E-state index contributed by atoms with van der Waals surface area (Å²) in [5, 5.41) is 4.45. The van der Waals surface area contributed by atoms with Gasteiger partial charge in [0.25, 0.3) is 0 Å². The smallest absolute Gasteiger partial charge is 0.236 e. The first-order valence-corrected chi connectivity index (χ1v) is 6.76. The molecule has 1 N–H and O–H groups in total. The molecule has 3 nitrogen and oxygen atoms in total. The maximum Gasteiger partial charge on any atom is 0.236 e. The molecule has 2 atom stereocenters. The van der Waals surface area contributed by atoms with Gasteiger partial charge in [0.05, 0.1) is 6.54 Å². The van der Waals surface area contributed by atoms with Crippen LogP contribution in [0.15, 0.2) is 0 Å². The number of hydrogen-bond acceptors (Lipinski definition) is 3. The number of thioether (sulfide) groups is 1. The first-order valence-electron chi connectivity index (χ1n) is 5.82. The van der Waals surface area contributed by atoms with Crippen LogP contribution in [0.1, 0.15) is 26.7 Å². The molecule has 1 amide bonds. The number of nitrogens with zero attached hydrogens (tertiary/aromatic N) is 1. The van der Waals surface area contributed by atoms with E-state index in [-0.39, 0.29) is 5.91 Å². The molecule has 0 aromatic rings. The lowest BCUT2D eigenvalue weighted by atomic mass is 10.3. The molecule has 0 bridgehead atoms. The molecule has 1 aliphatic heterocycles. The molecule has 2 rings (SSSR count). The summed E-state index contributed by atoms with van der Waals surface area (Å²) in [7, 11) is 0. The maximum absolute atomic E-state index is 11.9. The minimum atomic E-state index is 0.279. The SMILES string of the molecule is CC1CN(C(=O)CNC2CC2)CC(C)S1. The summed E-state index contributed by atoms with van der Waals surface area (Å²) in [5.41, 5.74) is 0. The van der Waals surface area contributed by atoms with Gasteiger partial charge in [0.2, 0.25) is 5.91 Å². The zero-order valence-electron chi connectivity index (χ0n) is 9.53. The molecular weight excluding hydrogens is 208 g/mol. The Morgan fingerprint density at radius 1 is 1.33 bits per heavy atom. The fraction of sp³-hybridized carbons (Fsp3) is 0.909. The molecule has 15 heavy (non-hydrogen) atoms. The van der Waals surface area contributed by atoms with Crippen molar-refractivity contribution >= 4 is 17.7 Å².